The first kappa shape index (κ1) is 18.8. The fourth-order valence-electron chi connectivity index (χ4n) is 2.40. The van der Waals surface area contributed by atoms with Crippen LogP contribution in [-0.4, -0.2) is 52.0 Å². The standard InChI is InChI=1S/C18H23NO6/c1-22-14-6-7-16(23-2)13(10-14)5-8-18(21)25-12-17(20)19-11-15-4-3-9-24-15/h5-8,10,15H,3-4,9,11-12H2,1-2H3,(H,19,20)/b8-5+/t15-/m0/s1. The molecule has 1 saturated heterocycles. The summed E-state index contributed by atoms with van der Waals surface area (Å²) < 4.78 is 20.7. The van der Waals surface area contributed by atoms with Crippen LogP contribution >= 0.6 is 0 Å². The fourth-order valence-corrected chi connectivity index (χ4v) is 2.40. The Bertz CT molecular complexity index is 622. The zero-order valence-electron chi connectivity index (χ0n) is 14.4. The van der Waals surface area contributed by atoms with Crippen LogP contribution in [-0.2, 0) is 19.1 Å². The Morgan fingerprint density at radius 3 is 2.84 bits per heavy atom. The number of ether oxygens (including phenoxy) is 4. The van der Waals surface area contributed by atoms with Gasteiger partial charge in [-0.3, -0.25) is 4.79 Å². The zero-order chi connectivity index (χ0) is 18.1. The van der Waals surface area contributed by atoms with Gasteiger partial charge in [0.15, 0.2) is 6.61 Å². The molecule has 7 heteroatoms. The van der Waals surface area contributed by atoms with Crippen LogP contribution in [0.25, 0.3) is 6.08 Å². The summed E-state index contributed by atoms with van der Waals surface area (Å²) in [5, 5.41) is 2.69. The van der Waals surface area contributed by atoms with Gasteiger partial charge < -0.3 is 24.3 Å². The second-order valence-corrected chi connectivity index (χ2v) is 5.49. The number of amides is 1. The van der Waals surface area contributed by atoms with E-state index in [0.717, 1.165) is 19.4 Å². The number of benzene rings is 1. The maximum Gasteiger partial charge on any atom is 0.331 e. The number of esters is 1. The number of carbonyl (C=O) groups is 2. The summed E-state index contributed by atoms with van der Waals surface area (Å²) in [6.07, 6.45) is 4.79. The summed E-state index contributed by atoms with van der Waals surface area (Å²) in [6, 6.07) is 5.23. The van der Waals surface area contributed by atoms with Gasteiger partial charge in [0, 0.05) is 24.8 Å². The van der Waals surface area contributed by atoms with E-state index in [1.54, 1.807) is 31.4 Å². The minimum atomic E-state index is -0.614. The summed E-state index contributed by atoms with van der Waals surface area (Å²) in [7, 11) is 3.09. The van der Waals surface area contributed by atoms with Crippen molar-refractivity contribution < 1.29 is 28.5 Å². The van der Waals surface area contributed by atoms with E-state index in [-0.39, 0.29) is 18.6 Å². The molecule has 1 aromatic rings. The molecule has 1 atom stereocenters. The van der Waals surface area contributed by atoms with Crippen molar-refractivity contribution in [1.29, 1.82) is 0 Å². The largest absolute Gasteiger partial charge is 0.497 e. The highest BCUT2D eigenvalue weighted by Gasteiger charge is 2.16. The second kappa shape index (κ2) is 9.68. The topological polar surface area (TPSA) is 83.1 Å². The molecule has 0 radical (unpaired) electrons. The highest BCUT2D eigenvalue weighted by molar-refractivity contribution is 5.89. The van der Waals surface area contributed by atoms with Gasteiger partial charge in [-0.05, 0) is 37.1 Å². The third kappa shape index (κ3) is 6.11. The highest BCUT2D eigenvalue weighted by Crippen LogP contribution is 2.25. The summed E-state index contributed by atoms with van der Waals surface area (Å²) in [6.45, 7) is 0.840. The molecule has 0 bridgehead atoms. The number of methoxy groups -OCH3 is 2. The number of rotatable bonds is 8. The smallest absolute Gasteiger partial charge is 0.331 e. The average Bonchev–Trinajstić information content (AvgIpc) is 3.16. The van der Waals surface area contributed by atoms with Crippen molar-refractivity contribution in [2.45, 2.75) is 18.9 Å². The van der Waals surface area contributed by atoms with E-state index in [4.69, 9.17) is 18.9 Å². The van der Waals surface area contributed by atoms with Crippen LogP contribution in [0.15, 0.2) is 24.3 Å². The Balaban J connectivity index is 1.79. The lowest BCUT2D eigenvalue weighted by Gasteiger charge is -2.10. The lowest BCUT2D eigenvalue weighted by atomic mass is 10.1. The van der Waals surface area contributed by atoms with Gasteiger partial charge in [0.2, 0.25) is 0 Å². The number of hydrogen-bond donors (Lipinski definition) is 1. The molecule has 1 N–H and O–H groups in total. The molecule has 25 heavy (non-hydrogen) atoms. The molecule has 1 amide bonds. The maximum atomic E-state index is 11.7. The van der Waals surface area contributed by atoms with Gasteiger partial charge in [-0.1, -0.05) is 0 Å². The SMILES string of the molecule is COc1ccc(OC)c(/C=C/C(=O)OCC(=O)NC[C@@H]2CCCO2)c1. The number of carbonyl (C=O) groups excluding carboxylic acids is 2. The van der Waals surface area contributed by atoms with E-state index in [9.17, 15) is 9.59 Å². The van der Waals surface area contributed by atoms with Gasteiger partial charge in [0.25, 0.3) is 5.91 Å². The molecule has 136 valence electrons. The Hall–Kier alpha value is -2.54. The Labute approximate surface area is 146 Å². The summed E-state index contributed by atoms with van der Waals surface area (Å²) >= 11 is 0. The third-order valence-electron chi connectivity index (χ3n) is 3.73. The van der Waals surface area contributed by atoms with Crippen molar-refractivity contribution in [2.75, 3.05) is 34.0 Å². The lowest BCUT2D eigenvalue weighted by molar-refractivity contribution is -0.143. The quantitative estimate of drug-likeness (QED) is 0.566. The molecule has 0 aromatic heterocycles. The Morgan fingerprint density at radius 1 is 1.32 bits per heavy atom. The van der Waals surface area contributed by atoms with Crippen molar-refractivity contribution in [3.63, 3.8) is 0 Å². The predicted molar refractivity (Wildman–Crippen MR) is 91.5 cm³/mol. The highest BCUT2D eigenvalue weighted by atomic mass is 16.5. The minimum absolute atomic E-state index is 0.0556. The molecule has 7 nitrogen and oxygen atoms in total. The molecule has 0 unspecified atom stereocenters. The summed E-state index contributed by atoms with van der Waals surface area (Å²) in [5.41, 5.74) is 0.668. The van der Waals surface area contributed by atoms with Crippen LogP contribution in [0.5, 0.6) is 11.5 Å². The maximum absolute atomic E-state index is 11.7. The first-order valence-corrected chi connectivity index (χ1v) is 8.07. The van der Waals surface area contributed by atoms with Gasteiger partial charge in [0.05, 0.1) is 20.3 Å². The normalized spacial score (nSPS) is 16.6. The molecular formula is C18H23NO6. The van der Waals surface area contributed by atoms with E-state index < -0.39 is 5.97 Å². The van der Waals surface area contributed by atoms with Crippen LogP contribution in [0.1, 0.15) is 18.4 Å². The van der Waals surface area contributed by atoms with Gasteiger partial charge in [-0.2, -0.15) is 0 Å². The van der Waals surface area contributed by atoms with Gasteiger partial charge in [-0.15, -0.1) is 0 Å². The van der Waals surface area contributed by atoms with E-state index >= 15 is 0 Å². The minimum Gasteiger partial charge on any atom is -0.497 e. The second-order valence-electron chi connectivity index (χ2n) is 5.49. The average molecular weight is 349 g/mol. The molecule has 1 aliphatic rings. The van der Waals surface area contributed by atoms with E-state index in [1.807, 2.05) is 0 Å². The Morgan fingerprint density at radius 2 is 2.16 bits per heavy atom. The molecule has 1 aromatic carbocycles. The van der Waals surface area contributed by atoms with Crippen molar-refractivity contribution in [2.24, 2.45) is 0 Å². The molecule has 1 heterocycles. The van der Waals surface area contributed by atoms with Crippen molar-refractivity contribution in [1.82, 2.24) is 5.32 Å². The first-order valence-electron chi connectivity index (χ1n) is 8.07. The first-order chi connectivity index (χ1) is 12.1. The monoisotopic (exact) mass is 349 g/mol. The van der Waals surface area contributed by atoms with E-state index in [2.05, 4.69) is 5.32 Å². The summed E-state index contributed by atoms with van der Waals surface area (Å²) in [4.78, 5) is 23.4. The Kier molecular flexibility index (Phi) is 7.28. The van der Waals surface area contributed by atoms with Crippen LogP contribution in [0.4, 0.5) is 0 Å². The summed E-state index contributed by atoms with van der Waals surface area (Å²) in [5.74, 6) is 0.273. The molecule has 1 aliphatic heterocycles. The fraction of sp³-hybridized carbons (Fsp3) is 0.444. The molecule has 0 saturated carbocycles. The van der Waals surface area contributed by atoms with Gasteiger partial charge in [0.1, 0.15) is 11.5 Å². The third-order valence-corrected chi connectivity index (χ3v) is 3.73. The van der Waals surface area contributed by atoms with Crippen LogP contribution < -0.4 is 14.8 Å². The van der Waals surface area contributed by atoms with Crippen LogP contribution in [0.3, 0.4) is 0 Å². The molecule has 2 rings (SSSR count). The lowest BCUT2D eigenvalue weighted by Crippen LogP contribution is -2.34. The van der Waals surface area contributed by atoms with Crippen molar-refractivity contribution in [3.05, 3.63) is 29.8 Å². The van der Waals surface area contributed by atoms with Gasteiger partial charge >= 0.3 is 5.97 Å². The van der Waals surface area contributed by atoms with E-state index in [1.165, 1.54) is 13.2 Å². The molecule has 1 fully saturated rings. The number of nitrogens with one attached hydrogen (secondary N) is 1. The van der Waals surface area contributed by atoms with Crippen LogP contribution in [0, 0.1) is 0 Å². The predicted octanol–water partition coefficient (Wildman–Crippen LogP) is 1.56. The van der Waals surface area contributed by atoms with Crippen LogP contribution in [0.2, 0.25) is 0 Å². The number of hydrogen-bond acceptors (Lipinski definition) is 6. The molecular weight excluding hydrogens is 326 g/mol. The van der Waals surface area contributed by atoms with Crippen molar-refractivity contribution in [3.8, 4) is 11.5 Å². The molecule has 0 spiro atoms. The zero-order valence-corrected chi connectivity index (χ0v) is 14.4. The molecule has 0 aliphatic carbocycles. The van der Waals surface area contributed by atoms with Crippen molar-refractivity contribution >= 4 is 18.0 Å². The van der Waals surface area contributed by atoms with Gasteiger partial charge in [-0.25, -0.2) is 4.79 Å². The van der Waals surface area contributed by atoms with E-state index in [0.29, 0.717) is 23.6 Å².